The van der Waals surface area contributed by atoms with Crippen LogP contribution in [0, 0.1) is 10.1 Å². The van der Waals surface area contributed by atoms with Crippen molar-refractivity contribution in [3.05, 3.63) is 69.8 Å². The van der Waals surface area contributed by atoms with E-state index in [1.807, 2.05) is 30.3 Å². The van der Waals surface area contributed by atoms with Gasteiger partial charge >= 0.3 is 0 Å². The van der Waals surface area contributed by atoms with Crippen LogP contribution in [0.15, 0.2) is 48.5 Å². The lowest BCUT2D eigenvalue weighted by molar-refractivity contribution is -0.385. The van der Waals surface area contributed by atoms with Crippen molar-refractivity contribution in [3.8, 4) is 5.75 Å². The highest BCUT2D eigenvalue weighted by Gasteiger charge is 2.13. The predicted octanol–water partition coefficient (Wildman–Crippen LogP) is 2.04. The maximum Gasteiger partial charge on any atom is 0.270 e. The number of ether oxygens (including phenoxy) is 2. The second kappa shape index (κ2) is 8.97. The second-order valence-electron chi connectivity index (χ2n) is 5.17. The number of nitrogens with zero attached hydrogens (tertiary/aromatic N) is 1. The highest BCUT2D eigenvalue weighted by molar-refractivity contribution is 5.43. The van der Waals surface area contributed by atoms with Gasteiger partial charge in [0.25, 0.3) is 5.69 Å². The van der Waals surface area contributed by atoms with Gasteiger partial charge in [-0.2, -0.15) is 0 Å². The van der Waals surface area contributed by atoms with Gasteiger partial charge in [-0.25, -0.2) is 0 Å². The molecule has 0 bridgehead atoms. The van der Waals surface area contributed by atoms with Gasteiger partial charge in [-0.3, -0.25) is 10.1 Å². The number of nitro groups is 1. The van der Waals surface area contributed by atoms with Crippen molar-refractivity contribution in [1.29, 1.82) is 0 Å². The van der Waals surface area contributed by atoms with Crippen molar-refractivity contribution in [2.45, 2.75) is 19.3 Å². The smallest absolute Gasteiger partial charge is 0.270 e. The molecule has 2 rings (SSSR count). The van der Waals surface area contributed by atoms with Gasteiger partial charge in [0.2, 0.25) is 0 Å². The molecule has 7 heteroatoms. The van der Waals surface area contributed by atoms with Crippen LogP contribution in [0.3, 0.4) is 0 Å². The van der Waals surface area contributed by atoms with Crippen LogP contribution in [0.25, 0.3) is 0 Å². The van der Waals surface area contributed by atoms with Crippen LogP contribution in [0.4, 0.5) is 5.69 Å². The third-order valence-corrected chi connectivity index (χ3v) is 3.28. The third kappa shape index (κ3) is 5.31. The molecule has 2 N–H and O–H groups in total. The summed E-state index contributed by atoms with van der Waals surface area (Å²) in [7, 11) is 0. The molecule has 7 nitrogen and oxygen atoms in total. The molecule has 2 aromatic rings. The molecule has 0 fully saturated rings. The van der Waals surface area contributed by atoms with Crippen molar-refractivity contribution in [3.63, 3.8) is 0 Å². The molecule has 0 aliphatic rings. The first kappa shape index (κ1) is 17.9. The molecule has 0 amide bonds. The summed E-state index contributed by atoms with van der Waals surface area (Å²) >= 11 is 0. The largest absolute Gasteiger partial charge is 0.490 e. The van der Waals surface area contributed by atoms with Crippen molar-refractivity contribution in [2.24, 2.45) is 0 Å². The van der Waals surface area contributed by atoms with E-state index in [4.69, 9.17) is 9.47 Å². The van der Waals surface area contributed by atoms with E-state index in [0.717, 1.165) is 5.56 Å². The minimum absolute atomic E-state index is 0.0421. The number of rotatable bonds is 9. The molecule has 0 aromatic heterocycles. The van der Waals surface area contributed by atoms with Gasteiger partial charge in [0, 0.05) is 17.7 Å². The Hall–Kier alpha value is -2.48. The first-order chi connectivity index (χ1) is 11.6. The van der Waals surface area contributed by atoms with Gasteiger partial charge in [-0.05, 0) is 11.6 Å². The number of benzene rings is 2. The first-order valence-electron chi connectivity index (χ1n) is 7.41. The Morgan fingerprint density at radius 1 is 1.12 bits per heavy atom. The normalized spacial score (nSPS) is 11.9. The summed E-state index contributed by atoms with van der Waals surface area (Å²) < 4.78 is 10.8. The second-order valence-corrected chi connectivity index (χ2v) is 5.17. The van der Waals surface area contributed by atoms with Crippen LogP contribution < -0.4 is 4.74 Å². The van der Waals surface area contributed by atoms with Gasteiger partial charge in [0.1, 0.15) is 18.5 Å². The summed E-state index contributed by atoms with van der Waals surface area (Å²) in [5.74, 6) is 0.296. The molecule has 2 aromatic carbocycles. The van der Waals surface area contributed by atoms with Crippen LogP contribution in [0.5, 0.6) is 5.75 Å². The molecule has 24 heavy (non-hydrogen) atoms. The lowest BCUT2D eigenvalue weighted by Gasteiger charge is -2.14. The van der Waals surface area contributed by atoms with E-state index < -0.39 is 17.6 Å². The minimum Gasteiger partial charge on any atom is -0.490 e. The highest BCUT2D eigenvalue weighted by atomic mass is 16.6. The van der Waals surface area contributed by atoms with Gasteiger partial charge in [0.15, 0.2) is 0 Å². The standard InChI is InChI=1S/C17H19NO6/c19-9-14-8-15(18(21)22)6-7-17(14)24-12-16(20)11-23-10-13-4-2-1-3-5-13/h1-8,16,19-20H,9-12H2. The van der Waals surface area contributed by atoms with E-state index in [9.17, 15) is 20.3 Å². The molecule has 0 aliphatic carbocycles. The maximum absolute atomic E-state index is 10.7. The number of aliphatic hydroxyl groups excluding tert-OH is 2. The number of hydrogen-bond acceptors (Lipinski definition) is 6. The van der Waals surface area contributed by atoms with Crippen molar-refractivity contribution < 1.29 is 24.6 Å². The van der Waals surface area contributed by atoms with Gasteiger partial charge < -0.3 is 19.7 Å². The van der Waals surface area contributed by atoms with Crippen LogP contribution >= 0.6 is 0 Å². The molecule has 0 saturated carbocycles. The fraction of sp³-hybridized carbons (Fsp3) is 0.294. The number of nitro benzene ring substituents is 1. The molecule has 1 unspecified atom stereocenters. The van der Waals surface area contributed by atoms with Gasteiger partial charge in [0.05, 0.1) is 24.7 Å². The molecular formula is C17H19NO6. The lowest BCUT2D eigenvalue weighted by Crippen LogP contribution is -2.23. The van der Waals surface area contributed by atoms with Gasteiger partial charge in [-0.1, -0.05) is 30.3 Å². The van der Waals surface area contributed by atoms with E-state index in [2.05, 4.69) is 0 Å². The highest BCUT2D eigenvalue weighted by Crippen LogP contribution is 2.24. The molecule has 1 atom stereocenters. The van der Waals surface area contributed by atoms with E-state index in [0.29, 0.717) is 17.9 Å². The zero-order chi connectivity index (χ0) is 17.4. The SMILES string of the molecule is O=[N+]([O-])c1ccc(OCC(O)COCc2ccccc2)c(CO)c1. The van der Waals surface area contributed by atoms with Crippen molar-refractivity contribution in [2.75, 3.05) is 13.2 Å². The lowest BCUT2D eigenvalue weighted by atomic mass is 10.2. The number of hydrogen-bond donors (Lipinski definition) is 2. The van der Waals surface area contributed by atoms with Crippen LogP contribution in [0.1, 0.15) is 11.1 Å². The van der Waals surface area contributed by atoms with E-state index in [-0.39, 0.29) is 18.9 Å². The van der Waals surface area contributed by atoms with Crippen molar-refractivity contribution >= 4 is 5.69 Å². The summed E-state index contributed by atoms with van der Waals surface area (Å²) in [6.07, 6.45) is -0.851. The zero-order valence-electron chi connectivity index (χ0n) is 13.0. The van der Waals surface area contributed by atoms with Crippen LogP contribution in [-0.4, -0.2) is 34.5 Å². The Bertz CT molecular complexity index is 661. The zero-order valence-corrected chi connectivity index (χ0v) is 13.0. The molecule has 0 spiro atoms. The molecule has 0 aliphatic heterocycles. The van der Waals surface area contributed by atoms with Crippen LogP contribution in [0.2, 0.25) is 0 Å². The summed E-state index contributed by atoms with van der Waals surface area (Å²) in [6, 6.07) is 13.5. The van der Waals surface area contributed by atoms with Gasteiger partial charge in [-0.15, -0.1) is 0 Å². The average Bonchev–Trinajstić information content (AvgIpc) is 2.60. The Morgan fingerprint density at radius 3 is 2.54 bits per heavy atom. The third-order valence-electron chi connectivity index (χ3n) is 3.28. The maximum atomic E-state index is 10.7. The monoisotopic (exact) mass is 333 g/mol. The number of aliphatic hydroxyl groups is 2. The topological polar surface area (TPSA) is 102 Å². The van der Waals surface area contributed by atoms with Crippen molar-refractivity contribution in [1.82, 2.24) is 0 Å². The van der Waals surface area contributed by atoms with E-state index >= 15 is 0 Å². The Kier molecular flexibility index (Phi) is 6.68. The van der Waals surface area contributed by atoms with E-state index in [1.165, 1.54) is 18.2 Å². The summed E-state index contributed by atoms with van der Waals surface area (Å²) in [5, 5.41) is 29.9. The molecule has 0 saturated heterocycles. The van der Waals surface area contributed by atoms with E-state index in [1.54, 1.807) is 0 Å². The fourth-order valence-electron chi connectivity index (χ4n) is 2.06. The summed E-state index contributed by atoms with van der Waals surface area (Å²) in [5.41, 5.74) is 1.17. The fourth-order valence-corrected chi connectivity index (χ4v) is 2.06. The first-order valence-corrected chi connectivity index (χ1v) is 7.41. The Balaban J connectivity index is 1.80. The Labute approximate surface area is 139 Å². The molecular weight excluding hydrogens is 314 g/mol. The number of non-ortho nitro benzene ring substituents is 1. The summed E-state index contributed by atoms with van der Waals surface area (Å²) in [4.78, 5) is 10.2. The summed E-state index contributed by atoms with van der Waals surface area (Å²) in [6.45, 7) is 0.0465. The molecule has 0 heterocycles. The molecule has 0 radical (unpaired) electrons. The van der Waals surface area contributed by atoms with Crippen LogP contribution in [-0.2, 0) is 18.0 Å². The predicted molar refractivity (Wildman–Crippen MR) is 86.6 cm³/mol. The average molecular weight is 333 g/mol. The minimum atomic E-state index is -0.851. The molecule has 128 valence electrons. The Morgan fingerprint density at radius 2 is 1.88 bits per heavy atom. The quantitative estimate of drug-likeness (QED) is 0.538.